The Bertz CT molecular complexity index is 532. The SMILES string of the molecule is CCCCOC(=O)c1ccc(C2CC3C=CC2C3O)cc1. The number of aliphatic hydroxyl groups is 1. The van der Waals surface area contributed by atoms with Crippen LogP contribution in [0, 0.1) is 11.8 Å². The molecule has 3 nitrogen and oxygen atoms in total. The van der Waals surface area contributed by atoms with Crippen LogP contribution in [0.2, 0.25) is 0 Å². The van der Waals surface area contributed by atoms with Gasteiger partial charge in [-0.2, -0.15) is 0 Å². The summed E-state index contributed by atoms with van der Waals surface area (Å²) in [6.45, 7) is 2.56. The summed E-state index contributed by atoms with van der Waals surface area (Å²) in [5, 5.41) is 10.1. The van der Waals surface area contributed by atoms with Crippen LogP contribution in [-0.2, 0) is 4.74 Å². The molecule has 1 fully saturated rings. The smallest absolute Gasteiger partial charge is 0.338 e. The third-order valence-electron chi connectivity index (χ3n) is 4.71. The molecule has 112 valence electrons. The Morgan fingerprint density at radius 3 is 2.62 bits per heavy atom. The van der Waals surface area contributed by atoms with E-state index in [9.17, 15) is 9.90 Å². The van der Waals surface area contributed by atoms with Crippen molar-refractivity contribution >= 4 is 5.97 Å². The molecule has 2 bridgehead atoms. The molecule has 1 N–H and O–H groups in total. The highest BCUT2D eigenvalue weighted by Gasteiger charge is 2.44. The fourth-order valence-electron chi connectivity index (χ4n) is 3.44. The van der Waals surface area contributed by atoms with E-state index in [1.807, 2.05) is 24.3 Å². The van der Waals surface area contributed by atoms with Crippen LogP contribution in [-0.4, -0.2) is 23.8 Å². The number of hydrogen-bond donors (Lipinski definition) is 1. The molecular weight excluding hydrogens is 264 g/mol. The van der Waals surface area contributed by atoms with Crippen LogP contribution in [0.15, 0.2) is 36.4 Å². The van der Waals surface area contributed by atoms with Crippen molar-refractivity contribution in [2.24, 2.45) is 11.8 Å². The number of unbranched alkanes of at least 4 members (excludes halogenated alkanes) is 1. The third kappa shape index (κ3) is 2.75. The fourth-order valence-corrected chi connectivity index (χ4v) is 3.44. The number of ether oxygens (including phenoxy) is 1. The van der Waals surface area contributed by atoms with Gasteiger partial charge in [-0.3, -0.25) is 0 Å². The Balaban J connectivity index is 1.65. The first kappa shape index (κ1) is 14.3. The second kappa shape index (κ2) is 6.02. The number of rotatable bonds is 5. The summed E-state index contributed by atoms with van der Waals surface area (Å²) in [5.74, 6) is 0.666. The van der Waals surface area contributed by atoms with E-state index in [-0.39, 0.29) is 18.0 Å². The van der Waals surface area contributed by atoms with Crippen LogP contribution in [0.1, 0.15) is 48.0 Å². The lowest BCUT2D eigenvalue weighted by atomic mass is 9.86. The number of fused-ring (bicyclic) bond motifs is 2. The second-order valence-electron chi connectivity index (χ2n) is 6.07. The van der Waals surface area contributed by atoms with Gasteiger partial charge >= 0.3 is 5.97 Å². The zero-order chi connectivity index (χ0) is 14.8. The lowest BCUT2D eigenvalue weighted by Crippen LogP contribution is -2.15. The third-order valence-corrected chi connectivity index (χ3v) is 4.71. The molecule has 0 radical (unpaired) electrons. The van der Waals surface area contributed by atoms with Gasteiger partial charge in [0.05, 0.1) is 18.3 Å². The van der Waals surface area contributed by atoms with Gasteiger partial charge in [0.2, 0.25) is 0 Å². The van der Waals surface area contributed by atoms with Crippen LogP contribution >= 0.6 is 0 Å². The van der Waals surface area contributed by atoms with E-state index >= 15 is 0 Å². The average Bonchev–Trinajstić information content (AvgIpc) is 3.03. The van der Waals surface area contributed by atoms with Gasteiger partial charge in [-0.05, 0) is 36.5 Å². The number of carbonyl (C=O) groups excluding carboxylic acids is 1. The highest BCUT2D eigenvalue weighted by molar-refractivity contribution is 5.89. The molecule has 0 heterocycles. The van der Waals surface area contributed by atoms with Crippen LogP contribution in [0.4, 0.5) is 0 Å². The quantitative estimate of drug-likeness (QED) is 0.513. The van der Waals surface area contributed by atoms with E-state index in [1.165, 1.54) is 5.56 Å². The number of hydrogen-bond acceptors (Lipinski definition) is 3. The minimum absolute atomic E-state index is 0.228. The van der Waals surface area contributed by atoms with Crippen LogP contribution in [0.5, 0.6) is 0 Å². The summed E-state index contributed by atoms with van der Waals surface area (Å²) in [5.41, 5.74) is 1.81. The monoisotopic (exact) mass is 286 g/mol. The normalized spacial score (nSPS) is 29.8. The molecule has 3 heteroatoms. The molecule has 3 rings (SSSR count). The van der Waals surface area contributed by atoms with Gasteiger partial charge in [0.1, 0.15) is 0 Å². The molecule has 1 aromatic carbocycles. The number of esters is 1. The van der Waals surface area contributed by atoms with Gasteiger partial charge in [-0.1, -0.05) is 37.6 Å². The number of benzene rings is 1. The fraction of sp³-hybridized carbons (Fsp3) is 0.500. The summed E-state index contributed by atoms with van der Waals surface area (Å²) in [6, 6.07) is 7.68. The maximum Gasteiger partial charge on any atom is 0.338 e. The maximum absolute atomic E-state index is 11.9. The molecule has 4 atom stereocenters. The van der Waals surface area contributed by atoms with Gasteiger partial charge in [0.25, 0.3) is 0 Å². The summed E-state index contributed by atoms with van der Waals surface area (Å²) in [4.78, 5) is 11.9. The standard InChI is InChI=1S/C18H22O3/c1-2-3-10-21-18(20)13-6-4-12(5-7-13)16-11-14-8-9-15(16)17(14)19/h4-9,14-17,19H,2-3,10-11H2,1H3. The van der Waals surface area contributed by atoms with E-state index in [2.05, 4.69) is 19.1 Å². The van der Waals surface area contributed by atoms with Crippen molar-refractivity contribution in [1.29, 1.82) is 0 Å². The lowest BCUT2D eigenvalue weighted by Gasteiger charge is -2.18. The van der Waals surface area contributed by atoms with Gasteiger partial charge < -0.3 is 9.84 Å². The molecule has 1 saturated carbocycles. The molecule has 2 aliphatic carbocycles. The minimum Gasteiger partial charge on any atom is -0.462 e. The topological polar surface area (TPSA) is 46.5 Å². The van der Waals surface area contributed by atoms with Crippen molar-refractivity contribution < 1.29 is 14.6 Å². The van der Waals surface area contributed by atoms with Gasteiger partial charge in [-0.15, -0.1) is 0 Å². The van der Waals surface area contributed by atoms with Crippen molar-refractivity contribution in [3.8, 4) is 0 Å². The highest BCUT2D eigenvalue weighted by Crippen LogP contribution is 2.48. The Kier molecular flexibility index (Phi) is 4.11. The molecule has 0 aromatic heterocycles. The van der Waals surface area contributed by atoms with Crippen LogP contribution < -0.4 is 0 Å². The highest BCUT2D eigenvalue weighted by atomic mass is 16.5. The van der Waals surface area contributed by atoms with Gasteiger partial charge in [0.15, 0.2) is 0 Å². The van der Waals surface area contributed by atoms with E-state index in [1.54, 1.807) is 0 Å². The zero-order valence-corrected chi connectivity index (χ0v) is 12.4. The van der Waals surface area contributed by atoms with Crippen molar-refractivity contribution in [2.45, 2.75) is 38.2 Å². The summed E-state index contributed by atoms with van der Waals surface area (Å²) < 4.78 is 5.21. The molecule has 0 spiro atoms. The summed E-state index contributed by atoms with van der Waals surface area (Å²) in [6.07, 6.45) is 6.96. The Morgan fingerprint density at radius 1 is 1.29 bits per heavy atom. The van der Waals surface area contributed by atoms with Crippen LogP contribution in [0.25, 0.3) is 0 Å². The molecule has 0 saturated heterocycles. The Labute approximate surface area is 125 Å². The Hall–Kier alpha value is -1.61. The van der Waals surface area contributed by atoms with Gasteiger partial charge in [-0.25, -0.2) is 4.79 Å². The number of carbonyl (C=O) groups is 1. The molecule has 0 amide bonds. The van der Waals surface area contributed by atoms with Crippen molar-refractivity contribution in [2.75, 3.05) is 6.61 Å². The zero-order valence-electron chi connectivity index (χ0n) is 12.4. The van der Waals surface area contributed by atoms with E-state index in [0.717, 1.165) is 19.3 Å². The molecule has 2 aliphatic rings. The lowest BCUT2D eigenvalue weighted by molar-refractivity contribution is 0.0499. The predicted molar refractivity (Wildman–Crippen MR) is 81.1 cm³/mol. The first-order valence-electron chi connectivity index (χ1n) is 7.84. The molecule has 21 heavy (non-hydrogen) atoms. The second-order valence-corrected chi connectivity index (χ2v) is 6.07. The van der Waals surface area contributed by atoms with E-state index < -0.39 is 0 Å². The number of aliphatic hydroxyl groups excluding tert-OH is 1. The largest absolute Gasteiger partial charge is 0.462 e. The Morgan fingerprint density at radius 2 is 2.05 bits per heavy atom. The average molecular weight is 286 g/mol. The minimum atomic E-state index is -0.247. The van der Waals surface area contributed by atoms with Crippen LogP contribution in [0.3, 0.4) is 0 Å². The van der Waals surface area contributed by atoms with E-state index in [4.69, 9.17) is 4.74 Å². The predicted octanol–water partition coefficient (Wildman–Crippen LogP) is 3.29. The van der Waals surface area contributed by atoms with E-state index in [0.29, 0.717) is 24.0 Å². The summed E-state index contributed by atoms with van der Waals surface area (Å²) in [7, 11) is 0. The molecule has 4 unspecified atom stereocenters. The molecule has 1 aromatic rings. The maximum atomic E-state index is 11.9. The van der Waals surface area contributed by atoms with Gasteiger partial charge in [0, 0.05) is 11.8 Å². The first-order chi connectivity index (χ1) is 10.2. The van der Waals surface area contributed by atoms with Crippen molar-refractivity contribution in [3.05, 3.63) is 47.5 Å². The molecule has 0 aliphatic heterocycles. The first-order valence-corrected chi connectivity index (χ1v) is 7.84. The van der Waals surface area contributed by atoms with Crippen molar-refractivity contribution in [3.63, 3.8) is 0 Å². The molecular formula is C18H22O3. The summed E-state index contributed by atoms with van der Waals surface area (Å²) >= 11 is 0. The van der Waals surface area contributed by atoms with Crippen molar-refractivity contribution in [1.82, 2.24) is 0 Å².